The molecule has 2 heterocycles. The summed E-state index contributed by atoms with van der Waals surface area (Å²) in [5, 5.41) is 2.38. The topological polar surface area (TPSA) is 22.2 Å². The van der Waals surface area contributed by atoms with Crippen LogP contribution in [0.2, 0.25) is 0 Å². The van der Waals surface area contributed by atoms with Crippen LogP contribution in [0, 0.1) is 0 Å². The molecule has 6 aromatic rings. The fourth-order valence-electron chi connectivity index (χ4n) is 4.06. The zero-order valence-corrected chi connectivity index (χ0v) is 18.9. The third kappa shape index (κ3) is 2.73. The van der Waals surface area contributed by atoms with Gasteiger partial charge in [-0.05, 0) is 47.9 Å². The lowest BCUT2D eigenvalue weighted by Crippen LogP contribution is -1.97. The lowest BCUT2D eigenvalue weighted by molar-refractivity contribution is 1.08. The summed E-state index contributed by atoms with van der Waals surface area (Å²) in [6, 6.07) is 29.5. The van der Waals surface area contributed by atoms with Gasteiger partial charge in [0.15, 0.2) is 0 Å². The normalized spacial score (nSPS) is 11.7. The maximum absolute atomic E-state index is 5.11. The second-order valence-electron chi connectivity index (χ2n) is 7.27. The van der Waals surface area contributed by atoms with E-state index in [0.29, 0.717) is 0 Å². The lowest BCUT2D eigenvalue weighted by Gasteiger charge is -2.09. The second-order valence-corrected chi connectivity index (χ2v) is 9.10. The molecule has 3 nitrogen and oxygen atoms in total. The Morgan fingerprint density at radius 2 is 1.40 bits per heavy atom. The largest absolute Gasteiger partial charge is 0.283 e. The molecule has 144 valence electrons. The summed E-state index contributed by atoms with van der Waals surface area (Å²) in [5.74, 6) is 0.904. The highest BCUT2D eigenvalue weighted by molar-refractivity contribution is 9.10. The number of hydrogen-bond donors (Lipinski definition) is 0. The smallest absolute Gasteiger partial charge is 0.220 e. The summed E-state index contributed by atoms with van der Waals surface area (Å²) in [7, 11) is 0. The molecule has 6 rings (SSSR count). The van der Waals surface area contributed by atoms with Crippen LogP contribution in [-0.4, -0.2) is 14.0 Å². The Kier molecular flexibility index (Phi) is 4.08. The van der Waals surface area contributed by atoms with Gasteiger partial charge in [0, 0.05) is 31.8 Å². The summed E-state index contributed by atoms with van der Waals surface area (Å²) >= 11 is 7.09. The summed E-state index contributed by atoms with van der Waals surface area (Å²) in [5.41, 5.74) is 5.45. The maximum atomic E-state index is 5.11. The molecular formula is C25H15Br2N3. The van der Waals surface area contributed by atoms with Crippen LogP contribution < -0.4 is 0 Å². The molecule has 0 saturated heterocycles. The Balaban J connectivity index is 1.73. The van der Waals surface area contributed by atoms with Gasteiger partial charge < -0.3 is 0 Å². The third-order valence-corrected chi connectivity index (χ3v) is 6.54. The van der Waals surface area contributed by atoms with Crippen LogP contribution in [0.4, 0.5) is 0 Å². The molecule has 0 N–H and O–H groups in total. The van der Waals surface area contributed by atoms with Gasteiger partial charge in [0.25, 0.3) is 0 Å². The van der Waals surface area contributed by atoms with Crippen molar-refractivity contribution in [1.82, 2.24) is 14.0 Å². The van der Waals surface area contributed by atoms with Crippen LogP contribution >= 0.6 is 31.9 Å². The van der Waals surface area contributed by atoms with Gasteiger partial charge in [0.1, 0.15) is 0 Å². The minimum atomic E-state index is 0.904. The van der Waals surface area contributed by atoms with Crippen molar-refractivity contribution in [2.45, 2.75) is 0 Å². The molecule has 0 amide bonds. The van der Waals surface area contributed by atoms with Crippen LogP contribution in [-0.2, 0) is 0 Å². The molecule has 0 unspecified atom stereocenters. The van der Waals surface area contributed by atoms with Gasteiger partial charge in [0.05, 0.1) is 16.7 Å². The zero-order chi connectivity index (χ0) is 20.2. The van der Waals surface area contributed by atoms with Crippen LogP contribution in [0.25, 0.3) is 44.5 Å². The maximum Gasteiger partial charge on any atom is 0.220 e. The fourth-order valence-corrected chi connectivity index (χ4v) is 4.59. The molecule has 0 aliphatic carbocycles. The summed E-state index contributed by atoms with van der Waals surface area (Å²) in [6.07, 6.45) is 2.19. The standard InChI is InChI=1S/C25H15Br2N3/c26-18-8-5-17(6-9-18)23-15-29-22-14-7-16-3-1-2-4-21(16)24(22)28-25(29)30(23)20-12-10-19(27)11-13-20/h1-15H. The molecule has 4 aromatic carbocycles. The Bertz CT molecular complexity index is 1540. The molecule has 30 heavy (non-hydrogen) atoms. The van der Waals surface area contributed by atoms with E-state index in [1.54, 1.807) is 0 Å². The summed E-state index contributed by atoms with van der Waals surface area (Å²) in [4.78, 5) is 5.11. The Hall–Kier alpha value is -2.89. The number of fused-ring (bicyclic) bond motifs is 5. The van der Waals surface area contributed by atoms with Gasteiger partial charge in [0.2, 0.25) is 5.78 Å². The van der Waals surface area contributed by atoms with Crippen LogP contribution in [0.3, 0.4) is 0 Å². The number of imidazole rings is 2. The Labute approximate surface area is 189 Å². The number of aromatic nitrogens is 3. The minimum Gasteiger partial charge on any atom is -0.283 e. The van der Waals surface area contributed by atoms with Crippen molar-refractivity contribution < 1.29 is 0 Å². The highest BCUT2D eigenvalue weighted by Crippen LogP contribution is 2.33. The molecule has 0 atom stereocenters. The molecule has 2 aromatic heterocycles. The van der Waals surface area contributed by atoms with Crippen molar-refractivity contribution >= 4 is 59.4 Å². The van der Waals surface area contributed by atoms with Crippen LogP contribution in [0.5, 0.6) is 0 Å². The molecule has 0 spiro atoms. The fraction of sp³-hybridized carbons (Fsp3) is 0. The van der Waals surface area contributed by atoms with E-state index in [2.05, 4.69) is 132 Å². The van der Waals surface area contributed by atoms with E-state index in [9.17, 15) is 0 Å². The van der Waals surface area contributed by atoms with E-state index >= 15 is 0 Å². The van der Waals surface area contributed by atoms with E-state index in [-0.39, 0.29) is 0 Å². The monoisotopic (exact) mass is 515 g/mol. The molecule has 0 radical (unpaired) electrons. The first-order valence-corrected chi connectivity index (χ1v) is 11.2. The highest BCUT2D eigenvalue weighted by atomic mass is 79.9. The summed E-state index contributed by atoms with van der Waals surface area (Å²) in [6.45, 7) is 0. The first-order chi connectivity index (χ1) is 14.7. The van der Waals surface area contributed by atoms with Crippen LogP contribution in [0.1, 0.15) is 0 Å². The number of halogens is 2. The number of rotatable bonds is 2. The van der Waals surface area contributed by atoms with E-state index in [4.69, 9.17) is 4.98 Å². The van der Waals surface area contributed by atoms with Crippen molar-refractivity contribution in [3.8, 4) is 16.9 Å². The molecule has 0 aliphatic rings. The molecule has 5 heteroatoms. The van der Waals surface area contributed by atoms with Crippen molar-refractivity contribution in [2.75, 3.05) is 0 Å². The van der Waals surface area contributed by atoms with Gasteiger partial charge in [-0.3, -0.25) is 8.97 Å². The SMILES string of the molecule is Brc1ccc(-c2cn3c4ccc5ccccc5c4nc3n2-c2ccc(Br)cc2)cc1. The predicted octanol–water partition coefficient (Wildman–Crippen LogP) is 7.62. The zero-order valence-electron chi connectivity index (χ0n) is 15.8. The Morgan fingerprint density at radius 1 is 0.700 bits per heavy atom. The van der Waals surface area contributed by atoms with E-state index in [0.717, 1.165) is 42.7 Å². The predicted molar refractivity (Wildman–Crippen MR) is 130 cm³/mol. The molecule has 0 fully saturated rings. The van der Waals surface area contributed by atoms with Gasteiger partial charge in [-0.25, -0.2) is 4.98 Å². The molecule has 0 aliphatic heterocycles. The Morgan fingerprint density at radius 3 is 2.17 bits per heavy atom. The van der Waals surface area contributed by atoms with E-state index in [1.807, 2.05) is 0 Å². The van der Waals surface area contributed by atoms with E-state index in [1.165, 1.54) is 10.8 Å². The lowest BCUT2D eigenvalue weighted by atomic mass is 10.1. The molecule has 0 bridgehead atoms. The number of hydrogen-bond acceptors (Lipinski definition) is 1. The number of benzene rings is 4. The van der Waals surface area contributed by atoms with Gasteiger partial charge in [-0.1, -0.05) is 74.3 Å². The van der Waals surface area contributed by atoms with Gasteiger partial charge >= 0.3 is 0 Å². The van der Waals surface area contributed by atoms with Crippen molar-refractivity contribution in [3.63, 3.8) is 0 Å². The van der Waals surface area contributed by atoms with Crippen molar-refractivity contribution in [1.29, 1.82) is 0 Å². The van der Waals surface area contributed by atoms with Crippen molar-refractivity contribution in [2.24, 2.45) is 0 Å². The highest BCUT2D eigenvalue weighted by Gasteiger charge is 2.18. The van der Waals surface area contributed by atoms with Crippen molar-refractivity contribution in [3.05, 3.63) is 100 Å². The quantitative estimate of drug-likeness (QED) is 0.232. The van der Waals surface area contributed by atoms with Crippen LogP contribution in [0.15, 0.2) is 100 Å². The van der Waals surface area contributed by atoms with E-state index < -0.39 is 0 Å². The average molecular weight is 517 g/mol. The average Bonchev–Trinajstić information content (AvgIpc) is 3.31. The first kappa shape index (κ1) is 17.9. The second kappa shape index (κ2) is 6.83. The van der Waals surface area contributed by atoms with Gasteiger partial charge in [-0.15, -0.1) is 0 Å². The molecular weight excluding hydrogens is 502 g/mol. The van der Waals surface area contributed by atoms with Gasteiger partial charge in [-0.2, -0.15) is 0 Å². The molecule has 0 saturated carbocycles. The minimum absolute atomic E-state index is 0.904. The first-order valence-electron chi connectivity index (χ1n) is 9.62. The number of nitrogens with zero attached hydrogens (tertiary/aromatic N) is 3. The summed E-state index contributed by atoms with van der Waals surface area (Å²) < 4.78 is 6.54. The third-order valence-electron chi connectivity index (χ3n) is 5.48.